The number of fused-ring (bicyclic) bond motifs is 1. The summed E-state index contributed by atoms with van der Waals surface area (Å²) in [5.74, 6) is -1.14. The Balaban J connectivity index is 2.83. The number of carbonyl (C=O) groups is 1. The van der Waals surface area contributed by atoms with E-state index in [1.54, 1.807) is 0 Å². The fraction of sp³-hybridized carbons (Fsp3) is 0. The molecule has 0 spiro atoms. The largest absolute Gasteiger partial charge is 0.477 e. The van der Waals surface area contributed by atoms with Gasteiger partial charge in [-0.05, 0) is 6.07 Å². The smallest absolute Gasteiger partial charge is 0.352 e. The van der Waals surface area contributed by atoms with Crippen LogP contribution in [0.2, 0.25) is 0 Å². The number of hydrogen-bond acceptors (Lipinski definition) is 4. The van der Waals surface area contributed by atoms with Crippen molar-refractivity contribution in [2.24, 2.45) is 0 Å². The normalized spacial score (nSPS) is 10.5. The highest BCUT2D eigenvalue weighted by Gasteiger charge is 2.10. The molecular formula is C6H4N4O3. The lowest BCUT2D eigenvalue weighted by molar-refractivity contribution is 0.0691. The number of carboxylic acid groups (broad SMARTS) is 1. The molecule has 0 atom stereocenters. The van der Waals surface area contributed by atoms with Crippen molar-refractivity contribution in [3.8, 4) is 0 Å². The third-order valence-electron chi connectivity index (χ3n) is 1.57. The molecule has 0 saturated carbocycles. The van der Waals surface area contributed by atoms with E-state index in [9.17, 15) is 9.59 Å². The standard InChI is InChI=1S/C6H4N4O3/c11-5-2-1-3(6(12)13)7-4(2)8-10-9-5/h1H,(H,12,13)(H2,7,8,9,11). The van der Waals surface area contributed by atoms with E-state index < -0.39 is 11.5 Å². The van der Waals surface area contributed by atoms with Crippen LogP contribution in [0.4, 0.5) is 0 Å². The van der Waals surface area contributed by atoms with Crippen molar-refractivity contribution in [1.29, 1.82) is 0 Å². The molecule has 2 rings (SSSR count). The maximum Gasteiger partial charge on any atom is 0.352 e. The van der Waals surface area contributed by atoms with Gasteiger partial charge in [0.1, 0.15) is 5.69 Å². The number of nitrogens with zero attached hydrogens (tertiary/aromatic N) is 2. The monoisotopic (exact) mass is 180 g/mol. The molecular weight excluding hydrogens is 176 g/mol. The molecule has 7 nitrogen and oxygen atoms in total. The first-order valence-electron chi connectivity index (χ1n) is 3.36. The second-order valence-electron chi connectivity index (χ2n) is 2.39. The molecule has 0 bridgehead atoms. The number of aromatic amines is 2. The van der Waals surface area contributed by atoms with Crippen LogP contribution >= 0.6 is 0 Å². The Morgan fingerprint density at radius 2 is 2.31 bits per heavy atom. The molecule has 13 heavy (non-hydrogen) atoms. The first-order chi connectivity index (χ1) is 6.18. The van der Waals surface area contributed by atoms with Gasteiger partial charge in [0.25, 0.3) is 5.56 Å². The topological polar surface area (TPSA) is 112 Å². The Hall–Kier alpha value is -2.18. The summed E-state index contributed by atoms with van der Waals surface area (Å²) in [6.07, 6.45) is 0. The van der Waals surface area contributed by atoms with Crippen molar-refractivity contribution < 1.29 is 9.90 Å². The van der Waals surface area contributed by atoms with E-state index in [4.69, 9.17) is 5.11 Å². The van der Waals surface area contributed by atoms with Crippen molar-refractivity contribution in [3.05, 3.63) is 22.1 Å². The van der Waals surface area contributed by atoms with E-state index in [-0.39, 0.29) is 16.7 Å². The van der Waals surface area contributed by atoms with Gasteiger partial charge in [-0.2, -0.15) is 0 Å². The van der Waals surface area contributed by atoms with Crippen LogP contribution < -0.4 is 5.56 Å². The molecule has 2 heterocycles. The second-order valence-corrected chi connectivity index (χ2v) is 2.39. The molecule has 0 aromatic carbocycles. The predicted molar refractivity (Wildman–Crippen MR) is 41.5 cm³/mol. The molecule has 7 heteroatoms. The van der Waals surface area contributed by atoms with Crippen molar-refractivity contribution in [2.45, 2.75) is 0 Å². The molecule has 0 radical (unpaired) electrons. The Morgan fingerprint density at radius 3 is 2.92 bits per heavy atom. The Morgan fingerprint density at radius 1 is 1.54 bits per heavy atom. The number of hydrogen-bond donors (Lipinski definition) is 3. The van der Waals surface area contributed by atoms with Crippen molar-refractivity contribution in [2.75, 3.05) is 0 Å². The van der Waals surface area contributed by atoms with E-state index in [0.717, 1.165) is 0 Å². The molecule has 0 aliphatic heterocycles. The predicted octanol–water partition coefficient (Wildman–Crippen LogP) is -0.656. The zero-order valence-corrected chi connectivity index (χ0v) is 6.24. The average Bonchev–Trinajstić information content (AvgIpc) is 2.49. The van der Waals surface area contributed by atoms with E-state index in [0.29, 0.717) is 0 Å². The van der Waals surface area contributed by atoms with E-state index >= 15 is 0 Å². The molecule has 0 fully saturated rings. The lowest BCUT2D eigenvalue weighted by Crippen LogP contribution is -2.08. The van der Waals surface area contributed by atoms with Crippen LogP contribution in [0.1, 0.15) is 10.5 Å². The molecule has 2 aromatic heterocycles. The Labute approximate surface area is 70.4 Å². The minimum absolute atomic E-state index is 0.0824. The maximum absolute atomic E-state index is 11.0. The number of nitrogens with one attached hydrogen (secondary N) is 2. The number of aromatic carboxylic acids is 1. The van der Waals surface area contributed by atoms with Crippen molar-refractivity contribution in [3.63, 3.8) is 0 Å². The lowest BCUT2D eigenvalue weighted by atomic mass is 10.4. The van der Waals surface area contributed by atoms with Gasteiger partial charge in [0.15, 0.2) is 5.65 Å². The zero-order valence-electron chi connectivity index (χ0n) is 6.24. The average molecular weight is 180 g/mol. The van der Waals surface area contributed by atoms with Crippen LogP contribution in [-0.2, 0) is 0 Å². The lowest BCUT2D eigenvalue weighted by Gasteiger charge is -1.82. The fourth-order valence-corrected chi connectivity index (χ4v) is 0.991. The highest BCUT2D eigenvalue weighted by atomic mass is 16.4. The minimum atomic E-state index is -1.14. The molecule has 0 aliphatic rings. The summed E-state index contributed by atoms with van der Waals surface area (Å²) in [4.78, 5) is 24.0. The summed E-state index contributed by atoms with van der Waals surface area (Å²) in [6.45, 7) is 0. The third kappa shape index (κ3) is 1.06. The highest BCUT2D eigenvalue weighted by Crippen LogP contribution is 2.06. The summed E-state index contributed by atoms with van der Waals surface area (Å²) in [5, 5.41) is 17.7. The SMILES string of the molecule is O=C(O)c1cc2c(=O)[nH]nnc2[nH]1. The van der Waals surface area contributed by atoms with Crippen molar-refractivity contribution >= 4 is 17.0 Å². The molecule has 3 N–H and O–H groups in total. The van der Waals surface area contributed by atoms with Gasteiger partial charge in [0.2, 0.25) is 0 Å². The quantitative estimate of drug-likeness (QED) is 0.539. The number of aromatic nitrogens is 4. The van der Waals surface area contributed by atoms with Gasteiger partial charge in [0.05, 0.1) is 5.39 Å². The molecule has 0 amide bonds. The van der Waals surface area contributed by atoms with Crippen LogP contribution in [0.15, 0.2) is 10.9 Å². The zero-order chi connectivity index (χ0) is 9.42. The summed E-state index contributed by atoms with van der Waals surface area (Å²) in [5.41, 5.74) is -0.379. The first-order valence-corrected chi connectivity index (χ1v) is 3.36. The van der Waals surface area contributed by atoms with Gasteiger partial charge >= 0.3 is 5.97 Å². The van der Waals surface area contributed by atoms with Crippen LogP contribution in [0, 0.1) is 0 Å². The van der Waals surface area contributed by atoms with Gasteiger partial charge in [-0.1, -0.05) is 5.21 Å². The van der Waals surface area contributed by atoms with Crippen LogP contribution in [0.5, 0.6) is 0 Å². The van der Waals surface area contributed by atoms with E-state index in [2.05, 4.69) is 20.4 Å². The highest BCUT2D eigenvalue weighted by molar-refractivity contribution is 5.91. The third-order valence-corrected chi connectivity index (χ3v) is 1.57. The van der Waals surface area contributed by atoms with Crippen molar-refractivity contribution in [1.82, 2.24) is 20.4 Å². The maximum atomic E-state index is 11.0. The molecule has 0 saturated heterocycles. The summed E-state index contributed by atoms with van der Waals surface area (Å²) in [6, 6.07) is 1.21. The fourth-order valence-electron chi connectivity index (χ4n) is 0.991. The van der Waals surface area contributed by atoms with Gasteiger partial charge in [-0.15, -0.1) is 5.10 Å². The number of rotatable bonds is 1. The van der Waals surface area contributed by atoms with Gasteiger partial charge in [0, 0.05) is 0 Å². The molecule has 0 aliphatic carbocycles. The van der Waals surface area contributed by atoms with Gasteiger partial charge < -0.3 is 10.1 Å². The Bertz CT molecular complexity index is 526. The molecule has 0 unspecified atom stereocenters. The van der Waals surface area contributed by atoms with Crippen LogP contribution in [0.3, 0.4) is 0 Å². The number of carboxylic acids is 1. The first kappa shape index (κ1) is 7.47. The van der Waals surface area contributed by atoms with E-state index in [1.807, 2.05) is 0 Å². The summed E-state index contributed by atoms with van der Waals surface area (Å²) >= 11 is 0. The molecule has 2 aromatic rings. The Kier molecular flexibility index (Phi) is 1.38. The summed E-state index contributed by atoms with van der Waals surface area (Å²) in [7, 11) is 0. The second kappa shape index (κ2) is 2.41. The summed E-state index contributed by atoms with van der Waals surface area (Å²) < 4.78 is 0. The van der Waals surface area contributed by atoms with Gasteiger partial charge in [-0.3, -0.25) is 4.79 Å². The van der Waals surface area contributed by atoms with Crippen LogP contribution in [0.25, 0.3) is 11.0 Å². The van der Waals surface area contributed by atoms with Crippen LogP contribution in [-0.4, -0.2) is 31.5 Å². The molecule has 66 valence electrons. The number of H-pyrrole nitrogens is 2. The minimum Gasteiger partial charge on any atom is -0.477 e. The van der Waals surface area contributed by atoms with Gasteiger partial charge in [-0.25, -0.2) is 9.89 Å². The van der Waals surface area contributed by atoms with E-state index in [1.165, 1.54) is 6.07 Å².